The average molecular weight is 89.1 g/mol. The lowest BCUT2D eigenvalue weighted by Gasteiger charge is -1.83. The van der Waals surface area contributed by atoms with Crippen molar-refractivity contribution in [1.82, 2.24) is 0 Å². The molecule has 0 bridgehead atoms. The van der Waals surface area contributed by atoms with Crippen molar-refractivity contribution in [3.63, 3.8) is 0 Å². The topological polar surface area (TPSA) is 26.0 Å². The zero-order chi connectivity index (χ0) is 4.99. The van der Waals surface area contributed by atoms with E-state index in [0.29, 0.717) is 5.70 Å². The molecule has 0 saturated heterocycles. The minimum absolute atomic E-state index is 0.301. The van der Waals surface area contributed by atoms with Gasteiger partial charge in [-0.3, -0.25) is 0 Å². The first-order valence-corrected chi connectivity index (χ1v) is 1.78. The Bertz CT molecular complexity index is 58.6. The summed E-state index contributed by atoms with van der Waals surface area (Å²) in [6.45, 7) is 1.17. The van der Waals surface area contributed by atoms with Crippen LogP contribution >= 0.6 is 0 Å². The highest BCUT2D eigenvalue weighted by Crippen LogP contribution is 1.79. The summed E-state index contributed by atoms with van der Waals surface area (Å²) in [5, 5.41) is 0. The monoisotopic (exact) mass is 89.1 g/mol. The van der Waals surface area contributed by atoms with Gasteiger partial charge in [-0.2, -0.15) is 0 Å². The van der Waals surface area contributed by atoms with Crippen molar-refractivity contribution in [2.45, 2.75) is 6.92 Å². The third kappa shape index (κ3) is 1.76. The first-order chi connectivity index (χ1) is 2.81. The summed E-state index contributed by atoms with van der Waals surface area (Å²) in [6.07, 6.45) is 1.54. The molecule has 0 aromatic carbocycles. The van der Waals surface area contributed by atoms with Crippen molar-refractivity contribution < 1.29 is 4.39 Å². The van der Waals surface area contributed by atoms with Crippen LogP contribution in [-0.4, -0.2) is 6.67 Å². The summed E-state index contributed by atoms with van der Waals surface area (Å²) < 4.78 is 11.2. The summed E-state index contributed by atoms with van der Waals surface area (Å²) in [7, 11) is 0. The van der Waals surface area contributed by atoms with Crippen LogP contribution < -0.4 is 5.73 Å². The molecule has 0 aliphatic carbocycles. The summed E-state index contributed by atoms with van der Waals surface area (Å²) in [6, 6.07) is 0. The van der Waals surface area contributed by atoms with Crippen molar-refractivity contribution in [1.29, 1.82) is 0 Å². The van der Waals surface area contributed by atoms with E-state index in [-0.39, 0.29) is 0 Å². The number of hydrogen-bond acceptors (Lipinski definition) is 1. The Morgan fingerprint density at radius 1 is 2.00 bits per heavy atom. The summed E-state index contributed by atoms with van der Waals surface area (Å²) in [5.74, 6) is 0. The number of rotatable bonds is 1. The molecule has 36 valence electrons. The van der Waals surface area contributed by atoms with Gasteiger partial charge in [0.25, 0.3) is 0 Å². The highest BCUT2D eigenvalue weighted by Gasteiger charge is 1.77. The van der Waals surface area contributed by atoms with E-state index in [1.165, 1.54) is 0 Å². The molecule has 0 aliphatic rings. The molecule has 0 aliphatic heterocycles. The Morgan fingerprint density at radius 3 is 2.50 bits per heavy atom. The van der Waals surface area contributed by atoms with Crippen molar-refractivity contribution in [2.75, 3.05) is 6.67 Å². The molecule has 2 N–H and O–H groups in total. The third-order valence-electron chi connectivity index (χ3n) is 0.525. The zero-order valence-electron chi connectivity index (χ0n) is 3.74. The van der Waals surface area contributed by atoms with E-state index in [0.717, 1.165) is 0 Å². The Kier molecular flexibility index (Phi) is 2.46. The van der Waals surface area contributed by atoms with Crippen LogP contribution in [0, 0.1) is 0 Å². The highest BCUT2D eigenvalue weighted by molar-refractivity contribution is 4.92. The minimum atomic E-state index is -0.531. The standard InChI is InChI=1S/C4H8FN/c1-2-4(6)3-5/h2H,3,6H2,1H3. The largest absolute Gasteiger partial charge is 0.400 e. The van der Waals surface area contributed by atoms with Crippen LogP contribution in [0.15, 0.2) is 11.8 Å². The maximum atomic E-state index is 11.2. The van der Waals surface area contributed by atoms with Crippen LogP contribution in [0.4, 0.5) is 4.39 Å². The van der Waals surface area contributed by atoms with Crippen molar-refractivity contribution in [3.05, 3.63) is 11.8 Å². The van der Waals surface area contributed by atoms with Gasteiger partial charge in [-0.25, -0.2) is 4.39 Å². The summed E-state index contributed by atoms with van der Waals surface area (Å²) >= 11 is 0. The SMILES string of the molecule is CC=C(N)CF. The Morgan fingerprint density at radius 2 is 2.50 bits per heavy atom. The average Bonchev–Trinajstić information content (AvgIpc) is 1.65. The maximum Gasteiger partial charge on any atom is 0.128 e. The maximum absolute atomic E-state index is 11.2. The number of hydrogen-bond donors (Lipinski definition) is 1. The number of nitrogens with two attached hydrogens (primary N) is 1. The van der Waals surface area contributed by atoms with Gasteiger partial charge in [0.2, 0.25) is 0 Å². The second kappa shape index (κ2) is 2.69. The van der Waals surface area contributed by atoms with Gasteiger partial charge in [-0.1, -0.05) is 6.08 Å². The summed E-state index contributed by atoms with van der Waals surface area (Å²) in [4.78, 5) is 0. The van der Waals surface area contributed by atoms with E-state index in [2.05, 4.69) is 0 Å². The van der Waals surface area contributed by atoms with E-state index < -0.39 is 6.67 Å². The van der Waals surface area contributed by atoms with Gasteiger partial charge in [-0.15, -0.1) is 0 Å². The van der Waals surface area contributed by atoms with Crippen LogP contribution in [0.1, 0.15) is 6.92 Å². The smallest absolute Gasteiger partial charge is 0.128 e. The van der Waals surface area contributed by atoms with Gasteiger partial charge < -0.3 is 5.73 Å². The molecular formula is C4H8FN. The van der Waals surface area contributed by atoms with Gasteiger partial charge in [0.1, 0.15) is 6.67 Å². The molecule has 6 heavy (non-hydrogen) atoms. The molecule has 0 aromatic heterocycles. The van der Waals surface area contributed by atoms with Crippen LogP contribution in [-0.2, 0) is 0 Å². The molecule has 0 rings (SSSR count). The third-order valence-corrected chi connectivity index (χ3v) is 0.525. The molecule has 0 spiro atoms. The fraction of sp³-hybridized carbons (Fsp3) is 0.500. The van der Waals surface area contributed by atoms with E-state index in [9.17, 15) is 4.39 Å². The second-order valence-corrected chi connectivity index (χ2v) is 0.997. The number of alkyl halides is 1. The summed E-state index contributed by atoms with van der Waals surface area (Å²) in [5.41, 5.74) is 5.26. The van der Waals surface area contributed by atoms with Gasteiger partial charge >= 0.3 is 0 Å². The van der Waals surface area contributed by atoms with Gasteiger partial charge in [0.05, 0.1) is 0 Å². The lowest BCUT2D eigenvalue weighted by atomic mass is 10.5. The first-order valence-electron chi connectivity index (χ1n) is 1.78. The lowest BCUT2D eigenvalue weighted by Crippen LogP contribution is -1.96. The van der Waals surface area contributed by atoms with Gasteiger partial charge in [0.15, 0.2) is 0 Å². The Balaban J connectivity index is 3.22. The molecule has 0 saturated carbocycles. The lowest BCUT2D eigenvalue weighted by molar-refractivity contribution is 0.539. The number of allylic oxidation sites excluding steroid dienone is 2. The van der Waals surface area contributed by atoms with E-state index >= 15 is 0 Å². The molecule has 0 unspecified atom stereocenters. The van der Waals surface area contributed by atoms with Crippen molar-refractivity contribution in [3.8, 4) is 0 Å². The van der Waals surface area contributed by atoms with E-state index in [1.807, 2.05) is 0 Å². The first kappa shape index (κ1) is 5.47. The molecule has 0 atom stereocenters. The molecule has 0 amide bonds. The fourth-order valence-electron chi connectivity index (χ4n) is 0.0772. The van der Waals surface area contributed by atoms with Crippen molar-refractivity contribution in [2.24, 2.45) is 5.73 Å². The van der Waals surface area contributed by atoms with Crippen LogP contribution in [0.3, 0.4) is 0 Å². The highest BCUT2D eigenvalue weighted by atomic mass is 19.1. The van der Waals surface area contributed by atoms with Crippen molar-refractivity contribution >= 4 is 0 Å². The van der Waals surface area contributed by atoms with Crippen LogP contribution in [0.2, 0.25) is 0 Å². The van der Waals surface area contributed by atoms with Crippen LogP contribution in [0.5, 0.6) is 0 Å². The quantitative estimate of drug-likeness (QED) is 0.505. The normalized spacial score (nSPS) is 12.0. The molecule has 0 radical (unpaired) electrons. The molecule has 1 nitrogen and oxygen atoms in total. The number of halogens is 1. The minimum Gasteiger partial charge on any atom is -0.400 e. The van der Waals surface area contributed by atoms with Crippen LogP contribution in [0.25, 0.3) is 0 Å². The zero-order valence-corrected chi connectivity index (χ0v) is 3.74. The molecule has 2 heteroatoms. The molecule has 0 fully saturated rings. The predicted octanol–water partition coefficient (Wildman–Crippen LogP) is 0.818. The Labute approximate surface area is 36.6 Å². The second-order valence-electron chi connectivity index (χ2n) is 0.997. The molecule has 0 heterocycles. The fourth-order valence-corrected chi connectivity index (χ4v) is 0.0772. The molecular weight excluding hydrogens is 81.0 g/mol. The molecule has 0 aromatic rings. The predicted molar refractivity (Wildman–Crippen MR) is 23.9 cm³/mol. The van der Waals surface area contributed by atoms with E-state index in [4.69, 9.17) is 5.73 Å². The van der Waals surface area contributed by atoms with Gasteiger partial charge in [0, 0.05) is 5.70 Å². The van der Waals surface area contributed by atoms with E-state index in [1.54, 1.807) is 13.0 Å². The Hall–Kier alpha value is -0.530. The van der Waals surface area contributed by atoms with Gasteiger partial charge in [-0.05, 0) is 6.92 Å².